The second-order valence-corrected chi connectivity index (χ2v) is 7.47. The second-order valence-electron chi connectivity index (χ2n) is 6.67. The molecule has 5 nitrogen and oxygen atoms in total. The van der Waals surface area contributed by atoms with E-state index in [1.165, 1.54) is 4.90 Å². The molecule has 1 aromatic rings. The van der Waals surface area contributed by atoms with Gasteiger partial charge in [-0.15, -0.1) is 0 Å². The summed E-state index contributed by atoms with van der Waals surface area (Å²) >= 11 is 3.38. The van der Waals surface area contributed by atoms with E-state index in [0.717, 1.165) is 10.9 Å². The molecule has 140 valence electrons. The van der Waals surface area contributed by atoms with Crippen LogP contribution in [0.15, 0.2) is 30.3 Å². The number of ether oxygens (including phenoxy) is 2. The van der Waals surface area contributed by atoms with Crippen LogP contribution in [-0.2, 0) is 20.7 Å². The summed E-state index contributed by atoms with van der Waals surface area (Å²) in [5.74, 6) is -0.410. The molecule has 25 heavy (non-hydrogen) atoms. The summed E-state index contributed by atoms with van der Waals surface area (Å²) in [7, 11) is 0. The maximum absolute atomic E-state index is 12.7. The van der Waals surface area contributed by atoms with Gasteiger partial charge in [-0.1, -0.05) is 46.3 Å². The number of halogens is 1. The Morgan fingerprint density at radius 1 is 1.20 bits per heavy atom. The van der Waals surface area contributed by atoms with Gasteiger partial charge in [0.1, 0.15) is 11.6 Å². The number of carbonyl (C=O) groups is 2. The highest BCUT2D eigenvalue weighted by Crippen LogP contribution is 2.17. The predicted octanol–water partition coefficient (Wildman–Crippen LogP) is 4.18. The average Bonchev–Trinajstić information content (AvgIpc) is 2.53. The number of esters is 1. The second kappa shape index (κ2) is 10.4. The molecule has 0 heterocycles. The lowest BCUT2D eigenvalue weighted by atomic mass is 10.0. The van der Waals surface area contributed by atoms with Crippen molar-refractivity contribution in [1.82, 2.24) is 4.90 Å². The molecule has 0 aromatic heterocycles. The van der Waals surface area contributed by atoms with E-state index in [2.05, 4.69) is 15.9 Å². The quantitative estimate of drug-likeness (QED) is 0.473. The van der Waals surface area contributed by atoms with E-state index in [1.807, 2.05) is 51.1 Å². The van der Waals surface area contributed by atoms with Gasteiger partial charge in [-0.3, -0.25) is 4.90 Å². The molecule has 0 radical (unpaired) electrons. The lowest BCUT2D eigenvalue weighted by molar-refractivity contribution is -0.149. The van der Waals surface area contributed by atoms with Crippen molar-refractivity contribution >= 4 is 28.0 Å². The van der Waals surface area contributed by atoms with Crippen molar-refractivity contribution in [1.29, 1.82) is 0 Å². The summed E-state index contributed by atoms with van der Waals surface area (Å²) < 4.78 is 10.7. The zero-order valence-electron chi connectivity index (χ0n) is 15.5. The van der Waals surface area contributed by atoms with Gasteiger partial charge in [0.15, 0.2) is 0 Å². The zero-order valence-corrected chi connectivity index (χ0v) is 17.0. The Morgan fingerprint density at radius 2 is 1.84 bits per heavy atom. The molecule has 0 N–H and O–H groups in total. The van der Waals surface area contributed by atoms with Gasteiger partial charge in [-0.2, -0.15) is 0 Å². The summed E-state index contributed by atoms with van der Waals surface area (Å²) in [6.07, 6.45) is 0.605. The number of alkyl halides is 1. The van der Waals surface area contributed by atoms with Crippen LogP contribution in [0.4, 0.5) is 4.79 Å². The molecule has 0 unspecified atom stereocenters. The highest BCUT2D eigenvalue weighted by Gasteiger charge is 2.33. The first-order chi connectivity index (χ1) is 11.8. The zero-order chi connectivity index (χ0) is 18.9. The number of rotatable bonds is 8. The number of amides is 1. The molecule has 0 saturated heterocycles. The fourth-order valence-corrected chi connectivity index (χ4v) is 2.57. The van der Waals surface area contributed by atoms with Crippen LogP contribution in [-0.4, -0.2) is 47.1 Å². The monoisotopic (exact) mass is 413 g/mol. The molecule has 1 rings (SSSR count). The number of hydrogen-bond donors (Lipinski definition) is 0. The van der Waals surface area contributed by atoms with Gasteiger partial charge < -0.3 is 9.47 Å². The van der Waals surface area contributed by atoms with Gasteiger partial charge in [0.2, 0.25) is 0 Å². The summed E-state index contributed by atoms with van der Waals surface area (Å²) in [6, 6.07) is 8.89. The van der Waals surface area contributed by atoms with E-state index in [4.69, 9.17) is 9.47 Å². The van der Waals surface area contributed by atoms with Crippen LogP contribution in [0.3, 0.4) is 0 Å². The van der Waals surface area contributed by atoms with E-state index in [1.54, 1.807) is 6.92 Å². The van der Waals surface area contributed by atoms with Gasteiger partial charge in [0, 0.05) is 18.3 Å². The molecule has 0 fully saturated rings. The Bertz CT molecular complexity index is 542. The van der Waals surface area contributed by atoms with Crippen molar-refractivity contribution in [2.75, 3.05) is 18.5 Å². The molecular weight excluding hydrogens is 386 g/mol. The molecular formula is C19H28BrNO4. The highest BCUT2D eigenvalue weighted by molar-refractivity contribution is 9.09. The first-order valence-electron chi connectivity index (χ1n) is 8.54. The van der Waals surface area contributed by atoms with Crippen LogP contribution in [0.25, 0.3) is 0 Å². The van der Waals surface area contributed by atoms with E-state index < -0.39 is 23.7 Å². The summed E-state index contributed by atoms with van der Waals surface area (Å²) in [6.45, 7) is 7.87. The number of nitrogens with zero attached hydrogens (tertiary/aromatic N) is 1. The third-order valence-corrected chi connectivity index (χ3v) is 3.93. The molecule has 1 amide bonds. The van der Waals surface area contributed by atoms with Crippen LogP contribution in [0.1, 0.15) is 39.7 Å². The minimum Gasteiger partial charge on any atom is -0.464 e. The van der Waals surface area contributed by atoms with Crippen LogP contribution < -0.4 is 0 Å². The Balaban J connectivity index is 3.08. The van der Waals surface area contributed by atoms with Crippen molar-refractivity contribution in [2.45, 2.75) is 52.2 Å². The molecule has 1 aromatic carbocycles. The molecule has 0 spiro atoms. The fraction of sp³-hybridized carbons (Fsp3) is 0.579. The SMILES string of the molecule is CCOC(=O)[C@H](Cc1ccccc1)N(CCCBr)C(=O)OC(C)(C)C. The number of benzene rings is 1. The number of hydrogen-bond acceptors (Lipinski definition) is 4. The third kappa shape index (κ3) is 7.90. The average molecular weight is 414 g/mol. The maximum atomic E-state index is 12.7. The normalized spacial score (nSPS) is 12.4. The summed E-state index contributed by atoms with van der Waals surface area (Å²) in [5, 5.41) is 0.729. The van der Waals surface area contributed by atoms with Gasteiger partial charge in [0.25, 0.3) is 0 Å². The molecule has 1 atom stereocenters. The predicted molar refractivity (Wildman–Crippen MR) is 102 cm³/mol. The van der Waals surface area contributed by atoms with Gasteiger partial charge in [0.05, 0.1) is 6.61 Å². The van der Waals surface area contributed by atoms with Crippen molar-refractivity contribution in [2.24, 2.45) is 0 Å². The van der Waals surface area contributed by atoms with E-state index >= 15 is 0 Å². The molecule has 6 heteroatoms. The van der Waals surface area contributed by atoms with Crippen molar-refractivity contribution in [3.05, 3.63) is 35.9 Å². The summed E-state index contributed by atoms with van der Waals surface area (Å²) in [4.78, 5) is 26.7. The van der Waals surface area contributed by atoms with E-state index in [0.29, 0.717) is 19.4 Å². The van der Waals surface area contributed by atoms with Gasteiger partial charge >= 0.3 is 12.1 Å². The molecule has 0 saturated carbocycles. The lowest BCUT2D eigenvalue weighted by Gasteiger charge is -2.32. The lowest BCUT2D eigenvalue weighted by Crippen LogP contribution is -2.49. The van der Waals surface area contributed by atoms with E-state index in [9.17, 15) is 9.59 Å². The van der Waals surface area contributed by atoms with Crippen LogP contribution in [0.5, 0.6) is 0 Å². The van der Waals surface area contributed by atoms with E-state index in [-0.39, 0.29) is 6.61 Å². The highest BCUT2D eigenvalue weighted by atomic mass is 79.9. The molecule has 0 aliphatic heterocycles. The van der Waals surface area contributed by atoms with Crippen LogP contribution in [0, 0.1) is 0 Å². The van der Waals surface area contributed by atoms with Gasteiger partial charge in [-0.05, 0) is 39.7 Å². The fourth-order valence-electron chi connectivity index (χ4n) is 2.32. The number of carbonyl (C=O) groups excluding carboxylic acids is 2. The minimum atomic E-state index is -0.712. The van der Waals surface area contributed by atoms with Crippen molar-refractivity contribution in [3.8, 4) is 0 Å². The third-order valence-electron chi connectivity index (χ3n) is 3.37. The van der Waals surface area contributed by atoms with Crippen LogP contribution >= 0.6 is 15.9 Å². The van der Waals surface area contributed by atoms with Crippen LogP contribution in [0.2, 0.25) is 0 Å². The minimum absolute atomic E-state index is 0.269. The smallest absolute Gasteiger partial charge is 0.411 e. The van der Waals surface area contributed by atoms with Gasteiger partial charge in [-0.25, -0.2) is 9.59 Å². The molecule has 0 bridgehead atoms. The van der Waals surface area contributed by atoms with Crippen molar-refractivity contribution < 1.29 is 19.1 Å². The summed E-state index contributed by atoms with van der Waals surface area (Å²) in [5.41, 5.74) is 0.336. The largest absolute Gasteiger partial charge is 0.464 e. The molecule has 0 aliphatic rings. The standard InChI is InChI=1S/C19H28BrNO4/c1-5-24-17(22)16(14-15-10-7-6-8-11-15)21(13-9-12-20)18(23)25-19(2,3)4/h6-8,10-11,16H,5,9,12-14H2,1-4H3/t16-/m0/s1. The first-order valence-corrected chi connectivity index (χ1v) is 9.66. The Kier molecular flexibility index (Phi) is 8.97. The topological polar surface area (TPSA) is 55.8 Å². The Hall–Kier alpha value is -1.56. The maximum Gasteiger partial charge on any atom is 0.411 e. The van der Waals surface area contributed by atoms with Crippen molar-refractivity contribution in [3.63, 3.8) is 0 Å². The molecule has 0 aliphatic carbocycles. The first kappa shape index (κ1) is 21.5. The Labute approximate surface area is 158 Å². The Morgan fingerprint density at radius 3 is 2.36 bits per heavy atom.